The number of benzene rings is 1. The first kappa shape index (κ1) is 17.8. The highest BCUT2D eigenvalue weighted by Crippen LogP contribution is 2.27. The van der Waals surface area contributed by atoms with Gasteiger partial charge in [0.2, 0.25) is 10.0 Å². The summed E-state index contributed by atoms with van der Waals surface area (Å²) in [7, 11) is -4.32. The normalized spacial score (nSPS) is 12.4. The first-order valence-corrected chi connectivity index (χ1v) is 7.38. The summed E-state index contributed by atoms with van der Waals surface area (Å²) in [6.45, 7) is -2.60. The quantitative estimate of drug-likeness (QED) is 0.376. The Morgan fingerprint density at radius 3 is 2.19 bits per heavy atom. The largest absolute Gasteiger partial charge is 0.394 e. The number of aliphatic hydroxyl groups excluding tert-OH is 3. The molecule has 0 saturated carbocycles. The van der Waals surface area contributed by atoms with E-state index < -0.39 is 50.9 Å². The number of nitro benzene ring substituents is 1. The van der Waals surface area contributed by atoms with Crippen molar-refractivity contribution in [3.63, 3.8) is 0 Å². The van der Waals surface area contributed by atoms with Crippen molar-refractivity contribution >= 4 is 27.3 Å². The van der Waals surface area contributed by atoms with Crippen molar-refractivity contribution < 1.29 is 28.7 Å². The minimum Gasteiger partial charge on any atom is -0.394 e. The van der Waals surface area contributed by atoms with E-state index in [0.29, 0.717) is 0 Å². The second-order valence-electron chi connectivity index (χ2n) is 4.23. The molecule has 0 aliphatic heterocycles. The van der Waals surface area contributed by atoms with Crippen LogP contribution >= 0.6 is 11.6 Å². The summed E-state index contributed by atoms with van der Waals surface area (Å²) in [6, 6.07) is 2.79. The predicted octanol–water partition coefficient (Wildman–Crippen LogP) is -0.758. The Labute approximate surface area is 125 Å². The molecule has 1 aromatic carbocycles. The highest BCUT2D eigenvalue weighted by atomic mass is 35.5. The molecule has 0 aliphatic carbocycles. The Balaban J connectivity index is 3.26. The van der Waals surface area contributed by atoms with Gasteiger partial charge >= 0.3 is 0 Å². The third-order valence-electron chi connectivity index (χ3n) is 2.68. The zero-order chi connectivity index (χ0) is 16.3. The second-order valence-corrected chi connectivity index (χ2v) is 6.32. The molecular weight excluding hydrogens is 328 g/mol. The molecular formula is C10H13ClN2O7S. The highest BCUT2D eigenvalue weighted by Gasteiger charge is 2.34. The third-order valence-corrected chi connectivity index (χ3v) is 4.58. The number of hydrogen-bond donors (Lipinski definition) is 4. The van der Waals surface area contributed by atoms with Gasteiger partial charge in [-0.25, -0.2) is 8.42 Å². The maximum Gasteiger partial charge on any atom is 0.289 e. The number of nitrogens with one attached hydrogen (secondary N) is 1. The summed E-state index contributed by atoms with van der Waals surface area (Å²) >= 11 is 5.58. The molecule has 11 heteroatoms. The molecule has 0 fully saturated rings. The summed E-state index contributed by atoms with van der Waals surface area (Å²) in [4.78, 5) is 9.40. The average molecular weight is 341 g/mol. The molecule has 0 aliphatic rings. The number of nitro groups is 1. The van der Waals surface area contributed by atoms with Crippen molar-refractivity contribution in [1.29, 1.82) is 0 Å². The number of halogens is 1. The molecule has 4 N–H and O–H groups in total. The molecule has 118 valence electrons. The maximum absolute atomic E-state index is 12.1. The van der Waals surface area contributed by atoms with E-state index in [4.69, 9.17) is 26.9 Å². The molecule has 0 heterocycles. The Hall–Kier alpha value is -1.30. The van der Waals surface area contributed by atoms with E-state index in [0.717, 1.165) is 18.2 Å². The standard InChI is InChI=1S/C10H13ClN2O7S/c11-8-2-1-7(3-9(8)13(17)18)21(19,20)12-10(4-14,5-15)6-16/h1-3,12,14-16H,4-6H2. The van der Waals surface area contributed by atoms with Gasteiger partial charge in [0.1, 0.15) is 10.6 Å². The second kappa shape index (κ2) is 6.64. The topological polar surface area (TPSA) is 150 Å². The number of hydrogen-bond acceptors (Lipinski definition) is 7. The van der Waals surface area contributed by atoms with Crippen LogP contribution in [0.15, 0.2) is 23.1 Å². The lowest BCUT2D eigenvalue weighted by Crippen LogP contribution is -2.56. The van der Waals surface area contributed by atoms with Crippen LogP contribution in [-0.2, 0) is 10.0 Å². The summed E-state index contributed by atoms with van der Waals surface area (Å²) in [5.41, 5.74) is -2.49. The number of rotatable bonds is 7. The third kappa shape index (κ3) is 3.87. The molecule has 0 unspecified atom stereocenters. The van der Waals surface area contributed by atoms with Gasteiger partial charge in [0, 0.05) is 6.07 Å². The van der Waals surface area contributed by atoms with Crippen LogP contribution in [0.1, 0.15) is 0 Å². The van der Waals surface area contributed by atoms with Gasteiger partial charge in [0.25, 0.3) is 5.69 Å². The fourth-order valence-electron chi connectivity index (χ4n) is 1.39. The molecule has 0 atom stereocenters. The van der Waals surface area contributed by atoms with Crippen molar-refractivity contribution in [2.24, 2.45) is 0 Å². The molecule has 0 saturated heterocycles. The van der Waals surface area contributed by atoms with Crippen molar-refractivity contribution in [3.8, 4) is 0 Å². The van der Waals surface area contributed by atoms with Crippen LogP contribution in [0.25, 0.3) is 0 Å². The van der Waals surface area contributed by atoms with Crippen LogP contribution in [0, 0.1) is 10.1 Å². The van der Waals surface area contributed by atoms with E-state index in [9.17, 15) is 18.5 Å². The summed E-state index contributed by atoms with van der Waals surface area (Å²) in [5, 5.41) is 37.8. The van der Waals surface area contributed by atoms with Gasteiger partial charge in [-0.1, -0.05) is 11.6 Å². The van der Waals surface area contributed by atoms with Crippen molar-refractivity contribution in [3.05, 3.63) is 33.3 Å². The van der Waals surface area contributed by atoms with E-state index in [2.05, 4.69) is 0 Å². The van der Waals surface area contributed by atoms with Gasteiger partial charge < -0.3 is 15.3 Å². The number of aliphatic hydroxyl groups is 3. The Morgan fingerprint density at radius 1 is 1.24 bits per heavy atom. The zero-order valence-electron chi connectivity index (χ0n) is 10.6. The van der Waals surface area contributed by atoms with Gasteiger partial charge in [0.15, 0.2) is 0 Å². The Kier molecular flexibility index (Phi) is 5.61. The van der Waals surface area contributed by atoms with Crippen LogP contribution in [-0.4, -0.2) is 54.0 Å². The number of nitrogens with zero attached hydrogens (tertiary/aromatic N) is 1. The molecule has 9 nitrogen and oxygen atoms in total. The van der Waals surface area contributed by atoms with Gasteiger partial charge in [-0.15, -0.1) is 0 Å². The maximum atomic E-state index is 12.1. The minimum absolute atomic E-state index is 0.239. The van der Waals surface area contributed by atoms with Gasteiger partial charge in [0.05, 0.1) is 29.6 Å². The predicted molar refractivity (Wildman–Crippen MR) is 72.4 cm³/mol. The monoisotopic (exact) mass is 340 g/mol. The first-order chi connectivity index (χ1) is 9.71. The molecule has 1 rings (SSSR count). The lowest BCUT2D eigenvalue weighted by Gasteiger charge is -2.28. The van der Waals surface area contributed by atoms with E-state index in [1.165, 1.54) is 0 Å². The fourth-order valence-corrected chi connectivity index (χ4v) is 2.97. The summed E-state index contributed by atoms with van der Waals surface area (Å²) < 4.78 is 26.1. The van der Waals surface area contributed by atoms with Gasteiger partial charge in [-0.2, -0.15) is 4.72 Å². The summed E-state index contributed by atoms with van der Waals surface area (Å²) in [6.07, 6.45) is 0. The van der Waals surface area contributed by atoms with Crippen LogP contribution in [0.2, 0.25) is 5.02 Å². The molecule has 0 amide bonds. The molecule has 1 aromatic rings. The van der Waals surface area contributed by atoms with E-state index in [1.807, 2.05) is 4.72 Å². The van der Waals surface area contributed by atoms with Crippen molar-refractivity contribution in [2.45, 2.75) is 10.4 Å². The minimum atomic E-state index is -4.32. The fraction of sp³-hybridized carbons (Fsp3) is 0.400. The van der Waals surface area contributed by atoms with Crippen molar-refractivity contribution in [2.75, 3.05) is 19.8 Å². The Bertz CT molecular complexity index is 622. The lowest BCUT2D eigenvalue weighted by molar-refractivity contribution is -0.384. The van der Waals surface area contributed by atoms with Crippen LogP contribution in [0.4, 0.5) is 5.69 Å². The van der Waals surface area contributed by atoms with Crippen LogP contribution in [0.3, 0.4) is 0 Å². The van der Waals surface area contributed by atoms with E-state index in [-0.39, 0.29) is 5.02 Å². The average Bonchev–Trinajstić information content (AvgIpc) is 2.44. The SMILES string of the molecule is O=[N+]([O-])c1cc(S(=O)(=O)NC(CO)(CO)CO)ccc1Cl. The van der Waals surface area contributed by atoms with Crippen molar-refractivity contribution in [1.82, 2.24) is 4.72 Å². The van der Waals surface area contributed by atoms with Crippen LogP contribution in [0.5, 0.6) is 0 Å². The zero-order valence-corrected chi connectivity index (χ0v) is 12.1. The molecule has 21 heavy (non-hydrogen) atoms. The molecule has 0 radical (unpaired) electrons. The lowest BCUT2D eigenvalue weighted by atomic mass is 10.1. The molecule has 0 spiro atoms. The van der Waals surface area contributed by atoms with E-state index in [1.54, 1.807) is 0 Å². The smallest absolute Gasteiger partial charge is 0.289 e. The van der Waals surface area contributed by atoms with Crippen LogP contribution < -0.4 is 4.72 Å². The molecule has 0 aromatic heterocycles. The Morgan fingerprint density at radius 2 is 1.76 bits per heavy atom. The molecule has 0 bridgehead atoms. The summed E-state index contributed by atoms with van der Waals surface area (Å²) in [5.74, 6) is 0. The van der Waals surface area contributed by atoms with Gasteiger partial charge in [-0.3, -0.25) is 10.1 Å². The number of sulfonamides is 1. The highest BCUT2D eigenvalue weighted by molar-refractivity contribution is 7.89. The van der Waals surface area contributed by atoms with Gasteiger partial charge in [-0.05, 0) is 12.1 Å². The van der Waals surface area contributed by atoms with E-state index >= 15 is 0 Å². The first-order valence-electron chi connectivity index (χ1n) is 5.52.